The van der Waals surface area contributed by atoms with Gasteiger partial charge >= 0.3 is 10.4 Å². The lowest BCUT2D eigenvalue weighted by Gasteiger charge is -2.66. The Morgan fingerprint density at radius 3 is 2.20 bits per heavy atom. The zero-order chi connectivity index (χ0) is 40.4. The van der Waals surface area contributed by atoms with E-state index in [-0.39, 0.29) is 53.4 Å². The Bertz CT molecular complexity index is 1420. The third-order valence-electron chi connectivity index (χ3n) is 15.1. The van der Waals surface area contributed by atoms with Gasteiger partial charge in [-0.25, -0.2) is 4.18 Å². The monoisotopic (exact) mass is 810 g/mol. The molecule has 6 rings (SSSR count). The second-order valence-corrected chi connectivity index (χ2v) is 19.7. The lowest BCUT2D eigenvalue weighted by Crippen LogP contribution is -2.68. The van der Waals surface area contributed by atoms with Gasteiger partial charge in [0.25, 0.3) is 0 Å². The molecule has 0 bridgehead atoms. The van der Waals surface area contributed by atoms with Crippen LogP contribution in [0.2, 0.25) is 0 Å². The van der Waals surface area contributed by atoms with E-state index in [1.165, 1.54) is 7.11 Å². The lowest BCUT2D eigenvalue weighted by molar-refractivity contribution is -0.311. The van der Waals surface area contributed by atoms with E-state index in [2.05, 4.69) is 25.0 Å². The van der Waals surface area contributed by atoms with Crippen molar-refractivity contribution in [2.24, 2.45) is 46.3 Å². The van der Waals surface area contributed by atoms with Crippen LogP contribution >= 0.6 is 0 Å². The van der Waals surface area contributed by atoms with Crippen molar-refractivity contribution in [2.75, 3.05) is 20.3 Å². The van der Waals surface area contributed by atoms with Gasteiger partial charge in [0.15, 0.2) is 12.6 Å². The van der Waals surface area contributed by atoms with Gasteiger partial charge in [-0.2, -0.15) is 8.42 Å². The topological polar surface area (TPSA) is 251 Å². The van der Waals surface area contributed by atoms with Gasteiger partial charge in [-0.1, -0.05) is 34.6 Å². The summed E-state index contributed by atoms with van der Waals surface area (Å²) < 4.78 is 65.8. The number of hydrogen-bond acceptors (Lipinski definition) is 15. The minimum atomic E-state index is -4.86. The molecule has 2 aliphatic heterocycles. The van der Waals surface area contributed by atoms with E-state index in [1.807, 2.05) is 13.8 Å². The number of aliphatic hydroxyl groups excluding tert-OH is 6. The number of methoxy groups -OCH3 is 1. The molecule has 6 fully saturated rings. The first-order valence-corrected chi connectivity index (χ1v) is 21.5. The molecular formula is C38H66O16S. The summed E-state index contributed by atoms with van der Waals surface area (Å²) in [5.74, 6) is -0.481. The predicted molar refractivity (Wildman–Crippen MR) is 193 cm³/mol. The minimum Gasteiger partial charge on any atom is -0.393 e. The first-order valence-electron chi connectivity index (χ1n) is 20.2. The van der Waals surface area contributed by atoms with Crippen molar-refractivity contribution in [1.29, 1.82) is 0 Å². The number of rotatable bonds is 13. The lowest BCUT2D eigenvalue weighted by atomic mass is 9.42. The van der Waals surface area contributed by atoms with E-state index in [0.717, 1.165) is 19.3 Å². The summed E-state index contributed by atoms with van der Waals surface area (Å²) in [7, 11) is -3.56. The standard InChI is InChI=1S/C38H66O16S/c1-18(2)26(52-35-32(30(44)27(53-35)17-51-55(46,47)48)54-34-31(49-6)29(43)25(42)16-50-34)8-7-19(3)21-14-23(40)33-37(21,5)12-10-28-36(4)11-9-20(39)13-22(36)24(41)15-38(28,33)45/h18-35,39-45H,7-17H2,1-6H3,(H,46,47,48). The Hall–Kier alpha value is -0.610. The van der Waals surface area contributed by atoms with E-state index in [4.69, 9.17) is 23.7 Å². The number of fused-ring (bicyclic) bond motifs is 5. The maximum absolute atomic E-state index is 12.7. The zero-order valence-corrected chi connectivity index (χ0v) is 33.7. The van der Waals surface area contributed by atoms with Crippen LogP contribution in [-0.4, -0.2) is 148 Å². The third-order valence-corrected chi connectivity index (χ3v) is 15.5. The highest BCUT2D eigenvalue weighted by Gasteiger charge is 2.70. The molecule has 16 nitrogen and oxygen atoms in total. The van der Waals surface area contributed by atoms with Crippen LogP contribution in [0.5, 0.6) is 0 Å². The van der Waals surface area contributed by atoms with Crippen LogP contribution < -0.4 is 0 Å². The molecule has 4 saturated carbocycles. The minimum absolute atomic E-state index is 0.0589. The molecular weight excluding hydrogens is 744 g/mol. The number of ether oxygens (including phenoxy) is 5. The van der Waals surface area contributed by atoms with Gasteiger partial charge in [-0.3, -0.25) is 4.55 Å². The number of aliphatic hydroxyl groups is 7. The van der Waals surface area contributed by atoms with Crippen molar-refractivity contribution < 1.29 is 76.6 Å². The summed E-state index contributed by atoms with van der Waals surface area (Å²) in [6.07, 6.45) is -7.31. The molecule has 17 heteroatoms. The molecule has 2 heterocycles. The molecule has 0 amide bonds. The van der Waals surface area contributed by atoms with Crippen molar-refractivity contribution in [3.63, 3.8) is 0 Å². The van der Waals surface area contributed by atoms with Gasteiger partial charge in [-0.05, 0) is 91.8 Å². The van der Waals surface area contributed by atoms with Crippen LogP contribution in [0.15, 0.2) is 0 Å². The molecule has 320 valence electrons. The molecule has 55 heavy (non-hydrogen) atoms. The average molecular weight is 811 g/mol. The molecule has 0 aromatic carbocycles. The molecule has 20 unspecified atom stereocenters. The molecule has 0 aromatic rings. The first kappa shape index (κ1) is 44.0. The second-order valence-electron chi connectivity index (χ2n) is 18.6. The fourth-order valence-corrected chi connectivity index (χ4v) is 12.6. The fraction of sp³-hybridized carbons (Fsp3) is 1.00. The van der Waals surface area contributed by atoms with Crippen LogP contribution in [0.1, 0.15) is 92.4 Å². The summed E-state index contributed by atoms with van der Waals surface area (Å²) in [4.78, 5) is 0. The largest absolute Gasteiger partial charge is 0.397 e. The van der Waals surface area contributed by atoms with E-state index in [0.29, 0.717) is 32.1 Å². The average Bonchev–Trinajstić information content (AvgIpc) is 3.55. The highest BCUT2D eigenvalue weighted by Crippen LogP contribution is 2.70. The maximum atomic E-state index is 12.7. The van der Waals surface area contributed by atoms with Crippen LogP contribution in [0, 0.1) is 46.3 Å². The Balaban J connectivity index is 1.15. The summed E-state index contributed by atoms with van der Waals surface area (Å²) in [5.41, 5.74) is -1.95. The molecule has 0 aromatic heterocycles. The van der Waals surface area contributed by atoms with Crippen molar-refractivity contribution in [1.82, 2.24) is 0 Å². The maximum Gasteiger partial charge on any atom is 0.397 e. The van der Waals surface area contributed by atoms with E-state index in [1.54, 1.807) is 0 Å². The van der Waals surface area contributed by atoms with Gasteiger partial charge < -0.3 is 59.4 Å². The summed E-state index contributed by atoms with van der Waals surface area (Å²) in [6, 6.07) is 0. The van der Waals surface area contributed by atoms with Crippen LogP contribution in [0.3, 0.4) is 0 Å². The molecule has 4 aliphatic carbocycles. The molecule has 20 atom stereocenters. The normalized spacial score (nSPS) is 50.0. The van der Waals surface area contributed by atoms with Gasteiger partial charge in [0, 0.05) is 19.4 Å². The highest BCUT2D eigenvalue weighted by atomic mass is 32.3. The smallest absolute Gasteiger partial charge is 0.393 e. The van der Waals surface area contributed by atoms with Crippen molar-refractivity contribution in [3.05, 3.63) is 0 Å². The Morgan fingerprint density at radius 1 is 0.855 bits per heavy atom. The fourth-order valence-electron chi connectivity index (χ4n) is 12.3. The molecule has 0 radical (unpaired) electrons. The Morgan fingerprint density at radius 2 is 1.55 bits per heavy atom. The van der Waals surface area contributed by atoms with E-state index < -0.39 is 102 Å². The van der Waals surface area contributed by atoms with E-state index >= 15 is 0 Å². The molecule has 8 N–H and O–H groups in total. The summed E-state index contributed by atoms with van der Waals surface area (Å²) >= 11 is 0. The quantitative estimate of drug-likeness (QED) is 0.120. The molecule has 2 saturated heterocycles. The van der Waals surface area contributed by atoms with Crippen LogP contribution in [0.25, 0.3) is 0 Å². The first-order chi connectivity index (χ1) is 25.6. The summed E-state index contributed by atoms with van der Waals surface area (Å²) in [6.45, 7) is 9.43. The van der Waals surface area contributed by atoms with E-state index in [9.17, 15) is 48.7 Å². The number of hydrogen-bond donors (Lipinski definition) is 8. The predicted octanol–water partition coefficient (Wildman–Crippen LogP) is 0.904. The van der Waals surface area contributed by atoms with Gasteiger partial charge in [0.2, 0.25) is 0 Å². The highest BCUT2D eigenvalue weighted by molar-refractivity contribution is 7.80. The van der Waals surface area contributed by atoms with Gasteiger partial charge in [0.1, 0.15) is 36.6 Å². The SMILES string of the molecule is COC1C(OC2C(OC(CCC(C)C3CC(O)C4C3(C)CCC3C5(C)CCC(O)CC5C(O)CC34O)C(C)C)OC(COS(=O)(=O)O)C2O)OCC(O)C1O. The van der Waals surface area contributed by atoms with Crippen molar-refractivity contribution >= 4 is 10.4 Å². The zero-order valence-electron chi connectivity index (χ0n) is 32.9. The Labute approximate surface area is 324 Å². The van der Waals surface area contributed by atoms with Crippen LogP contribution in [-0.2, 0) is 38.3 Å². The summed E-state index contributed by atoms with van der Waals surface area (Å²) in [5, 5.41) is 78.2. The van der Waals surface area contributed by atoms with Crippen molar-refractivity contribution in [2.45, 2.75) is 172 Å². The van der Waals surface area contributed by atoms with Gasteiger partial charge in [0.05, 0.1) is 43.2 Å². The second kappa shape index (κ2) is 16.4. The third kappa shape index (κ3) is 8.29. The Kier molecular flexibility index (Phi) is 13.1. The van der Waals surface area contributed by atoms with Gasteiger partial charge in [-0.15, -0.1) is 0 Å². The van der Waals surface area contributed by atoms with Crippen molar-refractivity contribution in [3.8, 4) is 0 Å². The molecule has 6 aliphatic rings. The molecule has 0 spiro atoms. The van der Waals surface area contributed by atoms with Crippen LogP contribution in [0.4, 0.5) is 0 Å².